The molecular formula is C17H19F4N5OS. The smallest absolute Gasteiger partial charge is 0.390 e. The third-order valence-electron chi connectivity index (χ3n) is 4.54. The Balaban J connectivity index is 1.92. The summed E-state index contributed by atoms with van der Waals surface area (Å²) in [6, 6.07) is 4.17. The van der Waals surface area contributed by atoms with E-state index in [1.807, 2.05) is 0 Å². The maximum absolute atomic E-state index is 14.1. The van der Waals surface area contributed by atoms with E-state index in [1.54, 1.807) is 13.0 Å². The lowest BCUT2D eigenvalue weighted by Crippen LogP contribution is -2.43. The summed E-state index contributed by atoms with van der Waals surface area (Å²) in [5.74, 6) is -1.09. The molecule has 0 spiro atoms. The van der Waals surface area contributed by atoms with Gasteiger partial charge in [0.05, 0.1) is 11.3 Å². The molecule has 1 saturated heterocycles. The van der Waals surface area contributed by atoms with Crippen molar-refractivity contribution in [2.75, 3.05) is 23.3 Å². The minimum atomic E-state index is -4.64. The van der Waals surface area contributed by atoms with Crippen LogP contribution in [0.1, 0.15) is 25.3 Å². The van der Waals surface area contributed by atoms with Crippen molar-refractivity contribution in [2.24, 2.45) is 5.14 Å². The van der Waals surface area contributed by atoms with E-state index in [9.17, 15) is 22.7 Å². The van der Waals surface area contributed by atoms with Gasteiger partial charge in [0.25, 0.3) is 0 Å². The summed E-state index contributed by atoms with van der Waals surface area (Å²) in [5.41, 5.74) is -1.88. The molecule has 0 bridgehead atoms. The molecule has 1 aromatic heterocycles. The van der Waals surface area contributed by atoms with Crippen LogP contribution in [-0.4, -0.2) is 33.8 Å². The molecule has 1 aliphatic rings. The lowest BCUT2D eigenvalue weighted by Gasteiger charge is -2.37. The number of rotatable bonds is 4. The molecule has 0 radical (unpaired) electrons. The van der Waals surface area contributed by atoms with Gasteiger partial charge in [0.15, 0.2) is 0 Å². The molecule has 6 nitrogen and oxygen atoms in total. The first-order valence-electron chi connectivity index (χ1n) is 8.44. The van der Waals surface area contributed by atoms with Crippen LogP contribution in [-0.2, 0) is 6.18 Å². The first-order valence-corrected chi connectivity index (χ1v) is 9.32. The van der Waals surface area contributed by atoms with Gasteiger partial charge in [0, 0.05) is 24.2 Å². The summed E-state index contributed by atoms with van der Waals surface area (Å²) in [6.45, 7) is 2.07. The Morgan fingerprint density at radius 2 is 1.96 bits per heavy atom. The molecule has 0 aliphatic carbocycles. The second-order valence-electron chi connectivity index (χ2n) is 6.80. The van der Waals surface area contributed by atoms with Gasteiger partial charge in [-0.05, 0) is 49.9 Å². The molecule has 11 heteroatoms. The fourth-order valence-corrected chi connectivity index (χ4v) is 3.18. The molecule has 152 valence electrons. The number of piperidine rings is 1. The van der Waals surface area contributed by atoms with Crippen molar-refractivity contribution >= 4 is 29.4 Å². The van der Waals surface area contributed by atoms with Crippen LogP contribution < -0.4 is 15.4 Å². The molecular weight excluding hydrogens is 398 g/mol. The number of nitrogens with two attached hydrogens (primary N) is 1. The second kappa shape index (κ2) is 7.72. The van der Waals surface area contributed by atoms with E-state index in [4.69, 9.17) is 5.14 Å². The summed E-state index contributed by atoms with van der Waals surface area (Å²) < 4.78 is 54.4. The number of hydrogen-bond donors (Lipinski definition) is 3. The maximum atomic E-state index is 14.1. The van der Waals surface area contributed by atoms with Crippen LogP contribution in [0, 0.1) is 5.82 Å². The predicted octanol–water partition coefficient (Wildman–Crippen LogP) is 3.70. The average Bonchev–Trinajstić information content (AvgIpc) is 2.62. The van der Waals surface area contributed by atoms with Crippen LogP contribution in [0.15, 0.2) is 29.3 Å². The van der Waals surface area contributed by atoms with Crippen molar-refractivity contribution in [3.8, 4) is 0 Å². The molecule has 1 aromatic carbocycles. The zero-order valence-electron chi connectivity index (χ0n) is 14.9. The number of nitrogens with one attached hydrogen (secondary N) is 1. The lowest BCUT2D eigenvalue weighted by molar-refractivity contribution is -0.137. The van der Waals surface area contributed by atoms with Gasteiger partial charge in [-0.1, -0.05) is 0 Å². The van der Waals surface area contributed by atoms with E-state index in [1.165, 1.54) is 17.0 Å². The lowest BCUT2D eigenvalue weighted by atomic mass is 9.94. The molecule has 4 N–H and O–H groups in total. The highest BCUT2D eigenvalue weighted by Gasteiger charge is 2.38. The highest BCUT2D eigenvalue weighted by molar-refractivity contribution is 7.97. The fraction of sp³-hybridized carbons (Fsp3) is 0.412. The first kappa shape index (κ1) is 20.6. The normalized spacial score (nSPS) is 16.9. The average molecular weight is 417 g/mol. The SMILES string of the molecule is CC1(O)CCN(c2nc(Nc3ccc(SN)cc3F)ncc2C(F)(F)F)CC1. The predicted molar refractivity (Wildman–Crippen MR) is 98.8 cm³/mol. The zero-order chi connectivity index (χ0) is 20.5. The monoisotopic (exact) mass is 417 g/mol. The van der Waals surface area contributed by atoms with Crippen molar-refractivity contribution in [3.63, 3.8) is 0 Å². The Kier molecular flexibility index (Phi) is 5.69. The van der Waals surface area contributed by atoms with E-state index in [2.05, 4.69) is 15.3 Å². The quantitative estimate of drug-likeness (QED) is 0.517. The number of anilines is 3. The molecule has 1 aliphatic heterocycles. The standard InChI is InChI=1S/C17H19F4N5OS/c1-16(27)4-6-26(7-5-16)14-11(17(19,20)21)9-23-15(25-14)24-13-3-2-10(28-22)8-12(13)18/h2-3,8-9,27H,4-7,22H2,1H3,(H,23,24,25). The Morgan fingerprint density at radius 3 is 2.54 bits per heavy atom. The van der Waals surface area contributed by atoms with Gasteiger partial charge < -0.3 is 15.3 Å². The molecule has 0 amide bonds. The summed E-state index contributed by atoms with van der Waals surface area (Å²) in [5, 5.41) is 18.0. The van der Waals surface area contributed by atoms with Crippen molar-refractivity contribution < 1.29 is 22.7 Å². The van der Waals surface area contributed by atoms with Crippen molar-refractivity contribution in [3.05, 3.63) is 35.8 Å². The number of nitrogens with zero attached hydrogens (tertiary/aromatic N) is 3. The Bertz CT molecular complexity index is 852. The summed E-state index contributed by atoms with van der Waals surface area (Å²) >= 11 is 0.873. The Hall–Kier alpha value is -2.11. The number of aliphatic hydroxyl groups is 1. The number of halogens is 4. The van der Waals surface area contributed by atoms with Crippen molar-refractivity contribution in [1.29, 1.82) is 0 Å². The highest BCUT2D eigenvalue weighted by atomic mass is 32.2. The second-order valence-corrected chi connectivity index (χ2v) is 7.50. The van der Waals surface area contributed by atoms with E-state index >= 15 is 0 Å². The molecule has 0 unspecified atom stereocenters. The number of aromatic nitrogens is 2. The highest BCUT2D eigenvalue weighted by Crippen LogP contribution is 2.37. The van der Waals surface area contributed by atoms with E-state index in [-0.39, 0.29) is 30.5 Å². The van der Waals surface area contributed by atoms with Crippen LogP contribution in [0.2, 0.25) is 0 Å². The fourth-order valence-electron chi connectivity index (χ4n) is 2.87. The van der Waals surface area contributed by atoms with Crippen molar-refractivity contribution in [1.82, 2.24) is 9.97 Å². The van der Waals surface area contributed by atoms with Crippen LogP contribution >= 0.6 is 11.9 Å². The largest absolute Gasteiger partial charge is 0.421 e. The topological polar surface area (TPSA) is 87.3 Å². The molecule has 0 atom stereocenters. The van der Waals surface area contributed by atoms with E-state index < -0.39 is 23.2 Å². The Labute approximate surface area is 163 Å². The third kappa shape index (κ3) is 4.65. The molecule has 2 aromatic rings. The molecule has 0 saturated carbocycles. The molecule has 2 heterocycles. The zero-order valence-corrected chi connectivity index (χ0v) is 15.7. The van der Waals surface area contributed by atoms with Crippen LogP contribution in [0.4, 0.5) is 35.0 Å². The van der Waals surface area contributed by atoms with E-state index in [0.29, 0.717) is 23.9 Å². The number of alkyl halides is 3. The van der Waals surface area contributed by atoms with Crippen LogP contribution in [0.3, 0.4) is 0 Å². The Morgan fingerprint density at radius 1 is 1.29 bits per heavy atom. The maximum Gasteiger partial charge on any atom is 0.421 e. The van der Waals surface area contributed by atoms with Gasteiger partial charge in [-0.25, -0.2) is 9.37 Å². The van der Waals surface area contributed by atoms with Gasteiger partial charge in [0.2, 0.25) is 5.95 Å². The number of benzene rings is 1. The van der Waals surface area contributed by atoms with Crippen LogP contribution in [0.5, 0.6) is 0 Å². The van der Waals surface area contributed by atoms with Crippen LogP contribution in [0.25, 0.3) is 0 Å². The van der Waals surface area contributed by atoms with Gasteiger partial charge in [-0.2, -0.15) is 18.2 Å². The van der Waals surface area contributed by atoms with Gasteiger partial charge in [-0.15, -0.1) is 0 Å². The van der Waals surface area contributed by atoms with Gasteiger partial charge >= 0.3 is 6.18 Å². The summed E-state index contributed by atoms with van der Waals surface area (Å²) in [7, 11) is 0. The minimum absolute atomic E-state index is 0.0186. The van der Waals surface area contributed by atoms with Crippen molar-refractivity contribution in [2.45, 2.75) is 36.4 Å². The molecule has 28 heavy (non-hydrogen) atoms. The summed E-state index contributed by atoms with van der Waals surface area (Å²) in [4.78, 5) is 9.64. The molecule has 3 rings (SSSR count). The summed E-state index contributed by atoms with van der Waals surface area (Å²) in [6.07, 6.45) is -3.34. The third-order valence-corrected chi connectivity index (χ3v) is 5.06. The van der Waals surface area contributed by atoms with Gasteiger partial charge in [-0.3, -0.25) is 5.14 Å². The van der Waals surface area contributed by atoms with E-state index in [0.717, 1.165) is 11.9 Å². The minimum Gasteiger partial charge on any atom is -0.390 e. The van der Waals surface area contributed by atoms with Gasteiger partial charge in [0.1, 0.15) is 17.2 Å². The molecule has 1 fully saturated rings. The first-order chi connectivity index (χ1) is 13.1. The number of hydrogen-bond acceptors (Lipinski definition) is 7.